The van der Waals surface area contributed by atoms with Crippen LogP contribution in [-0.2, 0) is 19.8 Å². The number of imide groups is 1. The number of nitrogens with one attached hydrogen (secondary N) is 1. The zero-order chi connectivity index (χ0) is 15.4. The van der Waals surface area contributed by atoms with Gasteiger partial charge in [0.25, 0.3) is 0 Å². The van der Waals surface area contributed by atoms with Crippen molar-refractivity contribution in [3.8, 4) is 0 Å². The zero-order valence-electron chi connectivity index (χ0n) is 11.8. The third-order valence-corrected chi connectivity index (χ3v) is 4.47. The molecule has 2 aliphatic rings. The van der Waals surface area contributed by atoms with E-state index in [2.05, 4.69) is 17.9 Å². The molecule has 21 heavy (non-hydrogen) atoms. The number of hydrogen-bond donors (Lipinski definition) is 2. The Bertz CT molecular complexity index is 669. The molecule has 0 radical (unpaired) electrons. The Kier molecular flexibility index (Phi) is 3.09. The number of anilines is 1. The fraction of sp³-hybridized carbons (Fsp3) is 0.400. The number of hydrogen-bond acceptors (Lipinski definition) is 4. The van der Waals surface area contributed by atoms with E-state index in [1.165, 1.54) is 4.90 Å². The van der Waals surface area contributed by atoms with Crippen LogP contribution in [0.2, 0.25) is 0 Å². The summed E-state index contributed by atoms with van der Waals surface area (Å²) in [7, 11) is 0. The van der Waals surface area contributed by atoms with E-state index in [9.17, 15) is 14.4 Å². The Morgan fingerprint density at radius 3 is 2.67 bits per heavy atom. The molecular formula is C15H16N2O3S. The van der Waals surface area contributed by atoms with Crippen molar-refractivity contribution in [1.82, 2.24) is 5.32 Å². The minimum atomic E-state index is -0.699. The average molecular weight is 304 g/mol. The highest BCUT2D eigenvalue weighted by atomic mass is 32.1. The summed E-state index contributed by atoms with van der Waals surface area (Å²) in [6.45, 7) is 3.68. The van der Waals surface area contributed by atoms with Gasteiger partial charge in [-0.25, -0.2) is 0 Å². The van der Waals surface area contributed by atoms with Gasteiger partial charge in [-0.05, 0) is 44.0 Å². The molecule has 0 spiro atoms. The maximum Gasteiger partial charge on any atom is 0.249 e. The molecule has 110 valence electrons. The van der Waals surface area contributed by atoms with Crippen LogP contribution < -0.4 is 10.2 Å². The van der Waals surface area contributed by atoms with Gasteiger partial charge in [-0.3, -0.25) is 24.6 Å². The molecule has 1 saturated heterocycles. The van der Waals surface area contributed by atoms with Crippen molar-refractivity contribution in [2.24, 2.45) is 0 Å². The van der Waals surface area contributed by atoms with Crippen LogP contribution in [0.15, 0.2) is 23.1 Å². The Morgan fingerprint density at radius 2 is 2.00 bits per heavy atom. The number of thiol groups is 1. The Labute approximate surface area is 128 Å². The van der Waals surface area contributed by atoms with Crippen molar-refractivity contribution >= 4 is 36.0 Å². The molecule has 0 aliphatic carbocycles. The molecular weight excluding hydrogens is 288 g/mol. The molecule has 0 bridgehead atoms. The molecule has 1 atom stereocenters. The molecule has 1 unspecified atom stereocenters. The van der Waals surface area contributed by atoms with Gasteiger partial charge in [0, 0.05) is 17.0 Å². The van der Waals surface area contributed by atoms with Crippen LogP contribution in [-0.4, -0.2) is 23.8 Å². The van der Waals surface area contributed by atoms with Crippen LogP contribution >= 0.6 is 12.6 Å². The molecule has 6 heteroatoms. The van der Waals surface area contributed by atoms with Gasteiger partial charge in [0.1, 0.15) is 6.04 Å². The van der Waals surface area contributed by atoms with Crippen LogP contribution in [0.1, 0.15) is 32.3 Å². The summed E-state index contributed by atoms with van der Waals surface area (Å²) in [6.07, 6.45) is 0.606. The van der Waals surface area contributed by atoms with E-state index in [1.807, 2.05) is 26.0 Å². The summed E-state index contributed by atoms with van der Waals surface area (Å²) in [6, 6.07) is 4.85. The number of carbonyl (C=O) groups is 3. The fourth-order valence-corrected chi connectivity index (χ4v) is 3.20. The molecule has 1 fully saturated rings. The van der Waals surface area contributed by atoms with Gasteiger partial charge in [0.05, 0.1) is 5.41 Å². The molecule has 5 nitrogen and oxygen atoms in total. The maximum absolute atomic E-state index is 12.8. The van der Waals surface area contributed by atoms with Crippen molar-refractivity contribution in [2.45, 2.75) is 43.0 Å². The topological polar surface area (TPSA) is 66.5 Å². The minimum Gasteiger partial charge on any atom is -0.299 e. The Hall–Kier alpha value is -1.82. The predicted octanol–water partition coefficient (Wildman–Crippen LogP) is 1.40. The molecule has 3 rings (SSSR count). The summed E-state index contributed by atoms with van der Waals surface area (Å²) >= 11 is 4.32. The van der Waals surface area contributed by atoms with Gasteiger partial charge in [-0.2, -0.15) is 0 Å². The molecule has 1 aromatic carbocycles. The molecule has 2 heterocycles. The third-order valence-electron chi connectivity index (χ3n) is 4.19. The second-order valence-electron chi connectivity index (χ2n) is 5.97. The lowest BCUT2D eigenvalue weighted by Gasteiger charge is -2.31. The van der Waals surface area contributed by atoms with Gasteiger partial charge >= 0.3 is 0 Å². The average Bonchev–Trinajstić information content (AvgIpc) is 2.59. The van der Waals surface area contributed by atoms with Crippen molar-refractivity contribution < 1.29 is 14.4 Å². The van der Waals surface area contributed by atoms with Gasteiger partial charge < -0.3 is 0 Å². The van der Waals surface area contributed by atoms with E-state index in [0.29, 0.717) is 6.42 Å². The lowest BCUT2D eigenvalue weighted by Crippen LogP contribution is -2.55. The van der Waals surface area contributed by atoms with Crippen LogP contribution in [0.4, 0.5) is 5.69 Å². The summed E-state index contributed by atoms with van der Waals surface area (Å²) in [5.41, 5.74) is 0.900. The molecule has 1 aromatic rings. The van der Waals surface area contributed by atoms with Gasteiger partial charge in [0.15, 0.2) is 0 Å². The van der Waals surface area contributed by atoms with Crippen LogP contribution in [0.3, 0.4) is 0 Å². The van der Waals surface area contributed by atoms with Crippen LogP contribution in [0.25, 0.3) is 0 Å². The van der Waals surface area contributed by atoms with Crippen molar-refractivity contribution in [3.63, 3.8) is 0 Å². The number of fused-ring (bicyclic) bond motifs is 1. The SMILES string of the molecule is CC1(C)C(=O)N(C2CCC(=O)NC2=O)c2ccc(S)cc21. The minimum absolute atomic E-state index is 0.120. The number of benzene rings is 1. The molecule has 3 amide bonds. The zero-order valence-corrected chi connectivity index (χ0v) is 12.7. The van der Waals surface area contributed by atoms with Crippen molar-refractivity contribution in [3.05, 3.63) is 23.8 Å². The van der Waals surface area contributed by atoms with Gasteiger partial charge in [-0.1, -0.05) is 0 Å². The van der Waals surface area contributed by atoms with E-state index in [4.69, 9.17) is 0 Å². The maximum atomic E-state index is 12.8. The van der Waals surface area contributed by atoms with Crippen LogP contribution in [0.5, 0.6) is 0 Å². The number of amides is 3. The summed E-state index contributed by atoms with van der Waals surface area (Å²) in [5.74, 6) is -0.808. The first-order valence-corrected chi connectivity index (χ1v) is 7.28. The first-order valence-electron chi connectivity index (χ1n) is 6.83. The predicted molar refractivity (Wildman–Crippen MR) is 80.4 cm³/mol. The lowest BCUT2D eigenvalue weighted by atomic mass is 9.86. The quantitative estimate of drug-likeness (QED) is 0.609. The second-order valence-corrected chi connectivity index (χ2v) is 6.48. The van der Waals surface area contributed by atoms with E-state index in [-0.39, 0.29) is 18.2 Å². The van der Waals surface area contributed by atoms with E-state index < -0.39 is 17.4 Å². The number of nitrogens with zero attached hydrogens (tertiary/aromatic N) is 1. The Morgan fingerprint density at radius 1 is 1.29 bits per heavy atom. The molecule has 2 aliphatic heterocycles. The van der Waals surface area contributed by atoms with Gasteiger partial charge in [-0.15, -0.1) is 12.6 Å². The highest BCUT2D eigenvalue weighted by molar-refractivity contribution is 7.80. The standard InChI is InChI=1S/C15H16N2O3S/c1-15(2)9-7-8(21)3-4-10(9)17(14(15)20)11-5-6-12(18)16-13(11)19/h3-4,7,11,21H,5-6H2,1-2H3,(H,16,18,19). The first-order chi connectivity index (χ1) is 9.82. The van der Waals surface area contributed by atoms with Crippen molar-refractivity contribution in [1.29, 1.82) is 0 Å². The number of rotatable bonds is 1. The summed E-state index contributed by atoms with van der Waals surface area (Å²) in [5, 5.41) is 2.31. The van der Waals surface area contributed by atoms with E-state index >= 15 is 0 Å². The lowest BCUT2D eigenvalue weighted by molar-refractivity contribution is -0.136. The molecule has 1 N–H and O–H groups in total. The Balaban J connectivity index is 2.07. The number of piperidine rings is 1. The smallest absolute Gasteiger partial charge is 0.249 e. The highest BCUT2D eigenvalue weighted by Crippen LogP contribution is 2.44. The third kappa shape index (κ3) is 2.05. The van der Waals surface area contributed by atoms with E-state index in [1.54, 1.807) is 6.07 Å². The molecule has 0 saturated carbocycles. The van der Waals surface area contributed by atoms with Crippen LogP contribution in [0, 0.1) is 0 Å². The van der Waals surface area contributed by atoms with E-state index in [0.717, 1.165) is 16.1 Å². The monoisotopic (exact) mass is 304 g/mol. The number of carbonyl (C=O) groups excluding carboxylic acids is 3. The summed E-state index contributed by atoms with van der Waals surface area (Å²) in [4.78, 5) is 38.4. The normalized spacial score (nSPS) is 24.0. The highest BCUT2D eigenvalue weighted by Gasteiger charge is 2.48. The first kappa shape index (κ1) is 14.1. The summed E-state index contributed by atoms with van der Waals surface area (Å²) < 4.78 is 0. The fourth-order valence-electron chi connectivity index (χ4n) is 3.00. The van der Waals surface area contributed by atoms with Gasteiger partial charge in [0.2, 0.25) is 17.7 Å². The van der Waals surface area contributed by atoms with Crippen molar-refractivity contribution in [2.75, 3.05) is 4.90 Å². The second kappa shape index (κ2) is 4.59. The molecule has 0 aromatic heterocycles. The largest absolute Gasteiger partial charge is 0.299 e.